The highest BCUT2D eigenvalue weighted by Gasteiger charge is 2.41. The molecule has 2 saturated heterocycles. The molecule has 4 rings (SSSR count). The van der Waals surface area contributed by atoms with Crippen molar-refractivity contribution in [2.45, 2.75) is 52.0 Å². The minimum absolute atomic E-state index is 0.106. The molecule has 3 aliphatic rings. The van der Waals surface area contributed by atoms with Gasteiger partial charge in [-0.15, -0.1) is 0 Å². The molecular weight excluding hydrogens is 358 g/mol. The monoisotopic (exact) mass is 387 g/mol. The van der Waals surface area contributed by atoms with Gasteiger partial charge in [0.1, 0.15) is 12.2 Å². The minimum Gasteiger partial charge on any atom is -0.457 e. The lowest BCUT2D eigenvalue weighted by atomic mass is 9.91. The fourth-order valence-electron chi connectivity index (χ4n) is 4.42. The number of rotatable bonds is 1. The molecule has 0 spiro atoms. The molecule has 152 valence electrons. The van der Waals surface area contributed by atoms with E-state index >= 15 is 0 Å². The van der Waals surface area contributed by atoms with Crippen molar-refractivity contribution >= 4 is 12.1 Å². The number of nitrogens with zero attached hydrogens (tertiary/aromatic N) is 2. The SMILES string of the molecule is Cc1c([C@@H]2CN3CCNC[C@H]3CN2C(=O)OC(C)(C)C)ccc2c1COC2=O. The second-order valence-electron chi connectivity index (χ2n) is 8.88. The van der Waals surface area contributed by atoms with Crippen LogP contribution in [0.15, 0.2) is 12.1 Å². The molecule has 3 aliphatic heterocycles. The van der Waals surface area contributed by atoms with Crippen molar-refractivity contribution in [2.24, 2.45) is 0 Å². The zero-order chi connectivity index (χ0) is 20.1. The molecule has 7 heteroatoms. The second kappa shape index (κ2) is 7.04. The number of esters is 1. The highest BCUT2D eigenvalue weighted by molar-refractivity contribution is 5.94. The first-order chi connectivity index (χ1) is 13.2. The summed E-state index contributed by atoms with van der Waals surface area (Å²) in [6, 6.07) is 4.00. The van der Waals surface area contributed by atoms with Gasteiger partial charge in [-0.3, -0.25) is 9.80 Å². The van der Waals surface area contributed by atoms with Gasteiger partial charge >= 0.3 is 12.1 Å². The van der Waals surface area contributed by atoms with Gasteiger partial charge in [0.05, 0.1) is 11.6 Å². The number of benzene rings is 1. The van der Waals surface area contributed by atoms with Crippen LogP contribution in [0.5, 0.6) is 0 Å². The number of nitrogens with one attached hydrogen (secondary N) is 1. The Balaban J connectivity index is 1.69. The summed E-state index contributed by atoms with van der Waals surface area (Å²) in [7, 11) is 0. The summed E-state index contributed by atoms with van der Waals surface area (Å²) in [5, 5.41) is 3.42. The van der Waals surface area contributed by atoms with Gasteiger partial charge in [0.25, 0.3) is 0 Å². The minimum atomic E-state index is -0.545. The molecule has 2 fully saturated rings. The summed E-state index contributed by atoms with van der Waals surface area (Å²) < 4.78 is 10.9. The van der Waals surface area contributed by atoms with Crippen LogP contribution in [0.1, 0.15) is 53.9 Å². The molecule has 1 amide bonds. The van der Waals surface area contributed by atoms with Crippen molar-refractivity contribution in [3.05, 3.63) is 34.4 Å². The van der Waals surface area contributed by atoms with Crippen LogP contribution in [0.2, 0.25) is 0 Å². The number of carbonyl (C=O) groups excluding carboxylic acids is 2. The van der Waals surface area contributed by atoms with Crippen LogP contribution in [-0.4, -0.2) is 66.2 Å². The third-order valence-electron chi connectivity index (χ3n) is 5.86. The highest BCUT2D eigenvalue weighted by Crippen LogP contribution is 2.35. The van der Waals surface area contributed by atoms with E-state index in [0.717, 1.165) is 42.9 Å². The van der Waals surface area contributed by atoms with Crippen LogP contribution >= 0.6 is 0 Å². The van der Waals surface area contributed by atoms with Gasteiger partial charge in [-0.2, -0.15) is 0 Å². The highest BCUT2D eigenvalue weighted by atomic mass is 16.6. The Hall–Kier alpha value is -2.12. The Morgan fingerprint density at radius 3 is 2.82 bits per heavy atom. The van der Waals surface area contributed by atoms with Crippen molar-refractivity contribution in [1.82, 2.24) is 15.1 Å². The Morgan fingerprint density at radius 1 is 1.29 bits per heavy atom. The molecule has 0 unspecified atom stereocenters. The Kier molecular flexibility index (Phi) is 4.83. The number of carbonyl (C=O) groups is 2. The number of fused-ring (bicyclic) bond motifs is 2. The smallest absolute Gasteiger partial charge is 0.410 e. The van der Waals surface area contributed by atoms with E-state index in [1.807, 2.05) is 44.7 Å². The van der Waals surface area contributed by atoms with Crippen LogP contribution in [0.4, 0.5) is 4.79 Å². The molecule has 1 aromatic carbocycles. The lowest BCUT2D eigenvalue weighted by Gasteiger charge is -2.48. The Morgan fingerprint density at radius 2 is 2.07 bits per heavy atom. The van der Waals surface area contributed by atoms with E-state index in [1.165, 1.54) is 0 Å². The predicted octanol–water partition coefficient (Wildman–Crippen LogP) is 2.23. The first-order valence-corrected chi connectivity index (χ1v) is 9.98. The number of piperazine rings is 2. The molecule has 0 radical (unpaired) electrons. The molecule has 0 saturated carbocycles. The predicted molar refractivity (Wildman–Crippen MR) is 104 cm³/mol. The average molecular weight is 387 g/mol. The summed E-state index contributed by atoms with van der Waals surface area (Å²) in [6.45, 7) is 12.2. The van der Waals surface area contributed by atoms with E-state index in [2.05, 4.69) is 10.2 Å². The van der Waals surface area contributed by atoms with Gasteiger partial charge in [0.2, 0.25) is 0 Å². The molecule has 7 nitrogen and oxygen atoms in total. The van der Waals surface area contributed by atoms with Crippen molar-refractivity contribution in [3.8, 4) is 0 Å². The molecule has 1 aromatic rings. The summed E-state index contributed by atoms with van der Waals surface area (Å²) in [6.07, 6.45) is -0.282. The molecule has 0 aliphatic carbocycles. The van der Waals surface area contributed by atoms with Gasteiger partial charge in [-0.25, -0.2) is 9.59 Å². The van der Waals surface area contributed by atoms with Crippen molar-refractivity contribution < 1.29 is 19.1 Å². The maximum Gasteiger partial charge on any atom is 0.410 e. The number of ether oxygens (including phenoxy) is 2. The lowest BCUT2D eigenvalue weighted by molar-refractivity contribution is -0.0213. The summed E-state index contributed by atoms with van der Waals surface area (Å²) in [5.41, 5.74) is 3.14. The number of amides is 1. The van der Waals surface area contributed by atoms with Gasteiger partial charge in [-0.1, -0.05) is 6.07 Å². The van der Waals surface area contributed by atoms with Crippen LogP contribution in [0.3, 0.4) is 0 Å². The van der Waals surface area contributed by atoms with Crippen LogP contribution in [-0.2, 0) is 16.1 Å². The number of hydrogen-bond acceptors (Lipinski definition) is 6. The standard InChI is InChI=1S/C21H29N3O4/c1-13-15(5-6-16-17(13)12-27-19(16)25)18-11-23-8-7-22-9-14(23)10-24(18)20(26)28-21(2,3)4/h5-6,14,18,22H,7-12H2,1-4H3/t14-,18-/m0/s1. The maximum absolute atomic E-state index is 13.1. The zero-order valence-electron chi connectivity index (χ0n) is 17.1. The average Bonchev–Trinajstić information content (AvgIpc) is 3.01. The largest absolute Gasteiger partial charge is 0.457 e. The van der Waals surface area contributed by atoms with E-state index in [-0.39, 0.29) is 24.1 Å². The molecule has 0 bridgehead atoms. The van der Waals surface area contributed by atoms with Gasteiger partial charge in [0, 0.05) is 44.3 Å². The third-order valence-corrected chi connectivity index (χ3v) is 5.86. The molecular formula is C21H29N3O4. The van der Waals surface area contributed by atoms with Crippen molar-refractivity contribution in [2.75, 3.05) is 32.7 Å². The maximum atomic E-state index is 13.1. The number of cyclic esters (lactones) is 1. The molecule has 28 heavy (non-hydrogen) atoms. The first kappa shape index (κ1) is 19.2. The summed E-state index contributed by atoms with van der Waals surface area (Å²) >= 11 is 0. The van der Waals surface area contributed by atoms with E-state index in [1.54, 1.807) is 0 Å². The summed E-state index contributed by atoms with van der Waals surface area (Å²) in [4.78, 5) is 29.3. The van der Waals surface area contributed by atoms with Crippen LogP contribution in [0, 0.1) is 6.92 Å². The normalized spacial score (nSPS) is 25.1. The Labute approximate surface area is 166 Å². The fraction of sp³-hybridized carbons (Fsp3) is 0.619. The van der Waals surface area contributed by atoms with Crippen LogP contribution < -0.4 is 5.32 Å². The lowest BCUT2D eigenvalue weighted by Crippen LogP contribution is -2.63. The Bertz CT molecular complexity index is 802. The topological polar surface area (TPSA) is 71.1 Å². The zero-order valence-corrected chi connectivity index (χ0v) is 17.1. The molecule has 0 aromatic heterocycles. The van der Waals surface area contributed by atoms with Crippen LogP contribution in [0.25, 0.3) is 0 Å². The quantitative estimate of drug-likeness (QED) is 0.745. The third kappa shape index (κ3) is 3.49. The van der Waals surface area contributed by atoms with Crippen molar-refractivity contribution in [1.29, 1.82) is 0 Å². The molecule has 1 N–H and O–H groups in total. The summed E-state index contributed by atoms with van der Waals surface area (Å²) in [5.74, 6) is -0.264. The first-order valence-electron chi connectivity index (χ1n) is 9.98. The molecule has 3 heterocycles. The van der Waals surface area contributed by atoms with E-state index in [0.29, 0.717) is 18.7 Å². The van der Waals surface area contributed by atoms with E-state index in [9.17, 15) is 9.59 Å². The fourth-order valence-corrected chi connectivity index (χ4v) is 4.42. The number of hydrogen-bond donors (Lipinski definition) is 1. The van der Waals surface area contributed by atoms with Gasteiger partial charge < -0.3 is 14.8 Å². The van der Waals surface area contributed by atoms with Crippen molar-refractivity contribution in [3.63, 3.8) is 0 Å². The van der Waals surface area contributed by atoms with Gasteiger partial charge in [-0.05, 0) is 44.9 Å². The van der Waals surface area contributed by atoms with E-state index in [4.69, 9.17) is 9.47 Å². The molecule has 2 atom stereocenters. The van der Waals surface area contributed by atoms with E-state index < -0.39 is 5.60 Å². The van der Waals surface area contributed by atoms with Gasteiger partial charge in [0.15, 0.2) is 0 Å². The second-order valence-corrected chi connectivity index (χ2v) is 8.88.